The Morgan fingerprint density at radius 2 is 1.41 bits per heavy atom. The van der Waals surface area contributed by atoms with E-state index in [9.17, 15) is 19.5 Å². The second-order valence-electron chi connectivity index (χ2n) is 15.4. The molecule has 56 heavy (non-hydrogen) atoms. The lowest BCUT2D eigenvalue weighted by atomic mass is 9.89. The Balaban J connectivity index is 1.65. The Kier molecular flexibility index (Phi) is 30.2. The van der Waals surface area contributed by atoms with E-state index in [2.05, 4.69) is 44.2 Å². The van der Waals surface area contributed by atoms with E-state index in [1.165, 1.54) is 64.2 Å². The highest BCUT2D eigenvalue weighted by Crippen LogP contribution is 2.45. The zero-order valence-electron chi connectivity index (χ0n) is 34.8. The molecular formula is C43H78NO11P. The van der Waals surface area contributed by atoms with Gasteiger partial charge < -0.3 is 20.1 Å². The number of ether oxygens (including phenoxy) is 2. The van der Waals surface area contributed by atoms with Gasteiger partial charge in [-0.05, 0) is 57.8 Å². The first-order chi connectivity index (χ1) is 27.3. The maximum absolute atomic E-state index is 12.7. The van der Waals surface area contributed by atoms with E-state index >= 15 is 0 Å². The number of phosphoric ester groups is 1. The molecule has 1 heterocycles. The predicted molar refractivity (Wildman–Crippen MR) is 221 cm³/mol. The molecule has 7 atom stereocenters. The SMILES string of the molecule is CCCCCCCC/C=C\CCCCCCCCOCC(COP(=O)(O)OCCN)OC(=O)CCC/C=C\CC1C2CC(OO2)C1/C=C/C(CCCCC)OO. The molecule has 1 saturated carbocycles. The largest absolute Gasteiger partial charge is 0.472 e. The van der Waals surface area contributed by atoms with Crippen molar-refractivity contribution >= 4 is 13.8 Å². The number of nitrogens with two attached hydrogens (primary N) is 1. The number of allylic oxidation sites excluding steroid dienone is 4. The van der Waals surface area contributed by atoms with E-state index in [0.717, 1.165) is 64.2 Å². The summed E-state index contributed by atoms with van der Waals surface area (Å²) < 4.78 is 33.5. The molecule has 0 spiro atoms. The molecular weight excluding hydrogens is 737 g/mol. The second-order valence-corrected chi connectivity index (χ2v) is 16.8. The van der Waals surface area contributed by atoms with Crippen LogP contribution in [0.1, 0.15) is 162 Å². The third kappa shape index (κ3) is 24.5. The summed E-state index contributed by atoms with van der Waals surface area (Å²) in [6.07, 6.45) is 36.1. The molecule has 2 aliphatic rings. The molecule has 7 unspecified atom stereocenters. The van der Waals surface area contributed by atoms with E-state index in [-0.39, 0.29) is 62.9 Å². The van der Waals surface area contributed by atoms with Gasteiger partial charge in [0.1, 0.15) is 18.3 Å². The van der Waals surface area contributed by atoms with Gasteiger partial charge >= 0.3 is 13.8 Å². The minimum Gasteiger partial charge on any atom is -0.457 e. The Labute approximate surface area is 338 Å². The molecule has 13 heteroatoms. The van der Waals surface area contributed by atoms with Crippen molar-refractivity contribution in [1.29, 1.82) is 0 Å². The van der Waals surface area contributed by atoms with E-state index in [4.69, 9.17) is 38.9 Å². The van der Waals surface area contributed by atoms with Gasteiger partial charge in [-0.1, -0.05) is 127 Å². The molecule has 0 aromatic carbocycles. The van der Waals surface area contributed by atoms with Crippen molar-refractivity contribution < 1.29 is 52.7 Å². The van der Waals surface area contributed by atoms with Gasteiger partial charge in [-0.25, -0.2) is 19.2 Å². The van der Waals surface area contributed by atoms with Crippen molar-refractivity contribution in [3.8, 4) is 0 Å². The fraction of sp³-hybridized carbons (Fsp3) is 0.837. The highest BCUT2D eigenvalue weighted by atomic mass is 31.2. The number of fused-ring (bicyclic) bond motifs is 2. The number of hydrogen-bond donors (Lipinski definition) is 3. The molecule has 2 rings (SSSR count). The van der Waals surface area contributed by atoms with Crippen LogP contribution in [0.15, 0.2) is 36.5 Å². The van der Waals surface area contributed by atoms with Gasteiger partial charge in [0.05, 0.1) is 25.9 Å². The molecule has 2 fully saturated rings. The first-order valence-corrected chi connectivity index (χ1v) is 23.5. The van der Waals surface area contributed by atoms with Crippen LogP contribution in [0.2, 0.25) is 0 Å². The summed E-state index contributed by atoms with van der Waals surface area (Å²) in [7, 11) is -4.33. The number of hydrogen-bond acceptors (Lipinski definition) is 11. The molecule has 1 aliphatic carbocycles. The van der Waals surface area contributed by atoms with Gasteiger partial charge in [0, 0.05) is 37.8 Å². The van der Waals surface area contributed by atoms with Crippen molar-refractivity contribution in [2.45, 2.75) is 186 Å². The second kappa shape index (κ2) is 33.4. The van der Waals surface area contributed by atoms with Crippen molar-refractivity contribution in [3.63, 3.8) is 0 Å². The van der Waals surface area contributed by atoms with Gasteiger partial charge in [0.25, 0.3) is 0 Å². The number of carbonyl (C=O) groups is 1. The summed E-state index contributed by atoms with van der Waals surface area (Å²) in [5.74, 6) is 0.0116. The molecule has 0 aromatic heterocycles. The maximum atomic E-state index is 12.7. The summed E-state index contributed by atoms with van der Waals surface area (Å²) >= 11 is 0. The Hall–Kier alpha value is -1.44. The zero-order valence-corrected chi connectivity index (χ0v) is 35.7. The highest BCUT2D eigenvalue weighted by molar-refractivity contribution is 7.47. The fourth-order valence-corrected chi connectivity index (χ4v) is 7.96. The van der Waals surface area contributed by atoms with Gasteiger partial charge in [-0.15, -0.1) is 0 Å². The van der Waals surface area contributed by atoms with Crippen LogP contribution < -0.4 is 5.73 Å². The summed E-state index contributed by atoms with van der Waals surface area (Å²) in [5, 5.41) is 9.34. The summed E-state index contributed by atoms with van der Waals surface area (Å²) in [6, 6.07) is 0. The minimum absolute atomic E-state index is 0.000706. The Bertz CT molecular complexity index is 1110. The average molecular weight is 816 g/mol. The zero-order chi connectivity index (χ0) is 40.5. The third-order valence-corrected chi connectivity index (χ3v) is 11.5. The quantitative estimate of drug-likeness (QED) is 0.0135. The van der Waals surface area contributed by atoms with Crippen molar-refractivity contribution in [2.24, 2.45) is 17.6 Å². The first-order valence-electron chi connectivity index (χ1n) is 22.0. The molecule has 2 bridgehead atoms. The van der Waals surface area contributed by atoms with Gasteiger partial charge in [0.15, 0.2) is 0 Å². The molecule has 1 aliphatic heterocycles. The van der Waals surface area contributed by atoms with E-state index < -0.39 is 19.9 Å². The fourth-order valence-electron chi connectivity index (χ4n) is 7.19. The van der Waals surface area contributed by atoms with Crippen LogP contribution in [0.3, 0.4) is 0 Å². The molecule has 12 nitrogen and oxygen atoms in total. The highest BCUT2D eigenvalue weighted by Gasteiger charge is 2.49. The Morgan fingerprint density at radius 3 is 2.11 bits per heavy atom. The van der Waals surface area contributed by atoms with Crippen molar-refractivity contribution in [2.75, 3.05) is 33.0 Å². The molecule has 326 valence electrons. The van der Waals surface area contributed by atoms with E-state index in [0.29, 0.717) is 19.4 Å². The lowest BCUT2D eigenvalue weighted by molar-refractivity contribution is -0.336. The van der Waals surface area contributed by atoms with Crippen LogP contribution in [0.25, 0.3) is 0 Å². The van der Waals surface area contributed by atoms with Crippen LogP contribution in [0, 0.1) is 11.8 Å². The van der Waals surface area contributed by atoms with Crippen LogP contribution in [-0.2, 0) is 42.5 Å². The molecule has 0 radical (unpaired) electrons. The normalized spacial score (nSPS) is 21.8. The minimum atomic E-state index is -4.33. The first kappa shape index (κ1) is 50.7. The number of unbranched alkanes of at least 4 members (excludes halogenated alkanes) is 15. The topological polar surface area (TPSA) is 165 Å². The summed E-state index contributed by atoms with van der Waals surface area (Å²) in [6.45, 7) is 4.58. The standard InChI is InChI=1S/C43H78NO11P/c1-3-5-7-8-9-10-11-12-13-14-15-16-17-18-21-25-32-49-35-38(36-51-56(47,48)50-33-31-44)52-43(45)28-24-20-19-23-27-39-40(42-34-41(39)54-55-42)30-29-37(53-46)26-22-6-4-2/h12-13,19,23,29-30,37-42,46H,3-11,14-18,20-22,24-28,31-36,44H2,1-2H3,(H,47,48)/b13-12-,23-19-,30-29+. The Morgan fingerprint density at radius 1 is 0.786 bits per heavy atom. The third-order valence-electron chi connectivity index (χ3n) is 10.5. The van der Waals surface area contributed by atoms with Crippen LogP contribution in [0.5, 0.6) is 0 Å². The van der Waals surface area contributed by atoms with Gasteiger partial charge in [-0.3, -0.25) is 19.1 Å². The number of phosphoric acid groups is 1. The lowest BCUT2D eigenvalue weighted by Gasteiger charge is -2.27. The number of rotatable bonds is 38. The van der Waals surface area contributed by atoms with Crippen LogP contribution in [0.4, 0.5) is 0 Å². The molecule has 0 amide bonds. The number of carbonyl (C=O) groups excluding carboxylic acids is 1. The smallest absolute Gasteiger partial charge is 0.457 e. The monoisotopic (exact) mass is 816 g/mol. The van der Waals surface area contributed by atoms with Gasteiger partial charge in [0.2, 0.25) is 0 Å². The predicted octanol–water partition coefficient (Wildman–Crippen LogP) is 10.5. The molecule has 1 saturated heterocycles. The van der Waals surface area contributed by atoms with E-state index in [1.807, 2.05) is 6.08 Å². The lowest BCUT2D eigenvalue weighted by Crippen LogP contribution is -2.29. The van der Waals surface area contributed by atoms with Crippen LogP contribution >= 0.6 is 7.82 Å². The number of esters is 1. The molecule has 0 aromatic rings. The average Bonchev–Trinajstić information content (AvgIpc) is 3.80. The maximum Gasteiger partial charge on any atom is 0.472 e. The summed E-state index contributed by atoms with van der Waals surface area (Å²) in [4.78, 5) is 38.4. The van der Waals surface area contributed by atoms with Crippen LogP contribution in [-0.4, -0.2) is 73.5 Å². The summed E-state index contributed by atoms with van der Waals surface area (Å²) in [5.41, 5.74) is 5.38. The van der Waals surface area contributed by atoms with Gasteiger partial charge in [-0.2, -0.15) is 0 Å². The molecule has 4 N–H and O–H groups in total. The van der Waals surface area contributed by atoms with Crippen molar-refractivity contribution in [1.82, 2.24) is 0 Å². The van der Waals surface area contributed by atoms with E-state index in [1.54, 1.807) is 0 Å². The van der Waals surface area contributed by atoms with Crippen molar-refractivity contribution in [3.05, 3.63) is 36.5 Å².